The molecule has 0 aromatic heterocycles. The highest BCUT2D eigenvalue weighted by Gasteiger charge is 2.09. The quantitative estimate of drug-likeness (QED) is 0.313. The summed E-state index contributed by atoms with van der Waals surface area (Å²) in [7, 11) is -0.0460. The van der Waals surface area contributed by atoms with Gasteiger partial charge < -0.3 is 0 Å². The van der Waals surface area contributed by atoms with Gasteiger partial charge in [0.15, 0.2) is 0 Å². The minimum Gasteiger partial charge on any atom is -0.0817 e. The third-order valence-electron chi connectivity index (χ3n) is 4.44. The predicted molar refractivity (Wildman–Crippen MR) is 105 cm³/mol. The zero-order chi connectivity index (χ0) is 15.8. The highest BCUT2D eigenvalue weighted by atomic mass is 31.1. The summed E-state index contributed by atoms with van der Waals surface area (Å²) in [6, 6.07) is 28.8. The molecule has 0 fully saturated rings. The van der Waals surface area contributed by atoms with Crippen LogP contribution in [-0.4, -0.2) is 13.3 Å². The number of fused-ring (bicyclic) bond motifs is 2. The molecule has 4 rings (SSSR count). The van der Waals surface area contributed by atoms with E-state index >= 15 is 0 Å². The molecule has 0 saturated heterocycles. The van der Waals surface area contributed by atoms with Gasteiger partial charge in [0.05, 0.1) is 0 Å². The number of hydrogen-bond acceptors (Lipinski definition) is 0. The van der Waals surface area contributed by atoms with E-state index in [1.165, 1.54) is 38.0 Å². The summed E-state index contributed by atoms with van der Waals surface area (Å²) < 4.78 is 0. The smallest absolute Gasteiger partial charge is 0.00268 e. The molecule has 0 saturated carbocycles. The van der Waals surface area contributed by atoms with Crippen molar-refractivity contribution in [3.8, 4) is 11.1 Å². The maximum atomic E-state index is 2.30. The molecule has 0 unspecified atom stereocenters. The molecule has 0 amide bonds. The molecule has 0 N–H and O–H groups in total. The van der Waals surface area contributed by atoms with Crippen LogP contribution in [0.2, 0.25) is 0 Å². The second-order valence-corrected chi connectivity index (χ2v) is 8.44. The van der Waals surface area contributed by atoms with Crippen molar-refractivity contribution in [2.24, 2.45) is 0 Å². The van der Waals surface area contributed by atoms with Gasteiger partial charge in [-0.1, -0.05) is 80.7 Å². The van der Waals surface area contributed by atoms with Gasteiger partial charge in [-0.05, 0) is 57.4 Å². The SMILES string of the molecule is CP(C)c1ccc(-c2c3ccccc3cc3ccccc23)cc1. The first kappa shape index (κ1) is 14.4. The molecule has 0 aliphatic carbocycles. The number of rotatable bonds is 2. The van der Waals surface area contributed by atoms with Crippen molar-refractivity contribution in [2.45, 2.75) is 0 Å². The average molecular weight is 314 g/mol. The van der Waals surface area contributed by atoms with Gasteiger partial charge in [0, 0.05) is 0 Å². The first-order chi connectivity index (χ1) is 11.2. The van der Waals surface area contributed by atoms with Gasteiger partial charge in [-0.2, -0.15) is 0 Å². The zero-order valence-electron chi connectivity index (χ0n) is 13.5. The molecule has 112 valence electrons. The van der Waals surface area contributed by atoms with Crippen LogP contribution in [0.5, 0.6) is 0 Å². The summed E-state index contributed by atoms with van der Waals surface area (Å²) in [4.78, 5) is 0. The van der Waals surface area contributed by atoms with E-state index in [1.54, 1.807) is 0 Å². The van der Waals surface area contributed by atoms with Gasteiger partial charge in [0.25, 0.3) is 0 Å². The van der Waals surface area contributed by atoms with E-state index in [0.717, 1.165) is 0 Å². The largest absolute Gasteiger partial charge is 0.0817 e. The Bertz CT molecular complexity index is 928. The Kier molecular flexibility index (Phi) is 3.63. The number of hydrogen-bond donors (Lipinski definition) is 0. The fourth-order valence-corrected chi connectivity index (χ4v) is 4.00. The van der Waals surface area contributed by atoms with E-state index in [1.807, 2.05) is 0 Å². The van der Waals surface area contributed by atoms with Crippen LogP contribution in [0.1, 0.15) is 0 Å². The standard InChI is InChI=1S/C22H19P/c1-23(2)19-13-11-16(12-14-19)22-20-9-5-3-7-17(20)15-18-8-4-6-10-21(18)22/h3-15H,1-2H3. The Balaban J connectivity index is 2.06. The van der Waals surface area contributed by atoms with Crippen molar-refractivity contribution in [3.63, 3.8) is 0 Å². The lowest BCUT2D eigenvalue weighted by molar-refractivity contribution is 1.70. The molecule has 0 nitrogen and oxygen atoms in total. The van der Waals surface area contributed by atoms with Crippen LogP contribution in [-0.2, 0) is 0 Å². The lowest BCUT2D eigenvalue weighted by Crippen LogP contribution is -1.97. The topological polar surface area (TPSA) is 0 Å². The van der Waals surface area contributed by atoms with Crippen molar-refractivity contribution in [3.05, 3.63) is 78.9 Å². The second kappa shape index (κ2) is 5.80. The van der Waals surface area contributed by atoms with Crippen LogP contribution < -0.4 is 5.30 Å². The molecule has 0 aliphatic rings. The van der Waals surface area contributed by atoms with Crippen LogP contribution in [0.3, 0.4) is 0 Å². The number of benzene rings is 4. The highest BCUT2D eigenvalue weighted by molar-refractivity contribution is 7.64. The molecule has 0 heterocycles. The van der Waals surface area contributed by atoms with E-state index in [0.29, 0.717) is 0 Å². The summed E-state index contributed by atoms with van der Waals surface area (Å²) in [6.07, 6.45) is 0. The van der Waals surface area contributed by atoms with E-state index in [2.05, 4.69) is 92.2 Å². The van der Waals surface area contributed by atoms with Gasteiger partial charge in [-0.15, -0.1) is 0 Å². The summed E-state index contributed by atoms with van der Waals surface area (Å²) in [5.74, 6) is 0. The molecular formula is C22H19P. The maximum absolute atomic E-state index is 2.30. The third-order valence-corrected chi connectivity index (χ3v) is 5.77. The highest BCUT2D eigenvalue weighted by Crippen LogP contribution is 2.36. The van der Waals surface area contributed by atoms with Crippen molar-refractivity contribution in [2.75, 3.05) is 13.3 Å². The van der Waals surface area contributed by atoms with Crippen molar-refractivity contribution < 1.29 is 0 Å². The van der Waals surface area contributed by atoms with E-state index in [4.69, 9.17) is 0 Å². The molecule has 1 heteroatoms. The van der Waals surface area contributed by atoms with Crippen LogP contribution >= 0.6 is 7.92 Å². The van der Waals surface area contributed by atoms with E-state index < -0.39 is 0 Å². The van der Waals surface area contributed by atoms with Gasteiger partial charge >= 0.3 is 0 Å². The van der Waals surface area contributed by atoms with Crippen LogP contribution in [0.4, 0.5) is 0 Å². The Hall–Kier alpha value is -2.17. The van der Waals surface area contributed by atoms with E-state index in [9.17, 15) is 0 Å². The first-order valence-corrected chi connectivity index (χ1v) is 10.2. The van der Waals surface area contributed by atoms with Gasteiger partial charge in [0.1, 0.15) is 0 Å². The monoisotopic (exact) mass is 314 g/mol. The fraction of sp³-hybridized carbons (Fsp3) is 0.0909. The first-order valence-electron chi connectivity index (χ1n) is 7.92. The Morgan fingerprint density at radius 3 is 1.65 bits per heavy atom. The third kappa shape index (κ3) is 2.54. The van der Waals surface area contributed by atoms with Crippen molar-refractivity contribution in [1.82, 2.24) is 0 Å². The lowest BCUT2D eigenvalue weighted by Gasteiger charge is -2.13. The molecule has 0 spiro atoms. The molecular weight excluding hydrogens is 295 g/mol. The lowest BCUT2D eigenvalue weighted by atomic mass is 9.92. The molecule has 23 heavy (non-hydrogen) atoms. The molecule has 0 aliphatic heterocycles. The summed E-state index contributed by atoms with van der Waals surface area (Å²) in [5.41, 5.74) is 2.65. The second-order valence-electron chi connectivity index (χ2n) is 6.14. The van der Waals surface area contributed by atoms with E-state index in [-0.39, 0.29) is 7.92 Å². The average Bonchev–Trinajstić information content (AvgIpc) is 2.59. The normalized spacial score (nSPS) is 11.4. The van der Waals surface area contributed by atoms with Crippen LogP contribution in [0, 0.1) is 0 Å². The molecule has 4 aromatic carbocycles. The molecule has 0 atom stereocenters. The maximum Gasteiger partial charge on any atom is -0.00268 e. The zero-order valence-corrected chi connectivity index (χ0v) is 14.3. The summed E-state index contributed by atoms with van der Waals surface area (Å²) in [6.45, 7) is 4.61. The van der Waals surface area contributed by atoms with Crippen LogP contribution in [0.25, 0.3) is 32.7 Å². The molecule has 0 radical (unpaired) electrons. The minimum absolute atomic E-state index is 0.0460. The van der Waals surface area contributed by atoms with Crippen molar-refractivity contribution in [1.29, 1.82) is 0 Å². The summed E-state index contributed by atoms with van der Waals surface area (Å²) in [5, 5.41) is 6.72. The molecule has 0 bridgehead atoms. The van der Waals surface area contributed by atoms with Crippen molar-refractivity contribution >= 4 is 34.8 Å². The van der Waals surface area contributed by atoms with Crippen LogP contribution in [0.15, 0.2) is 78.9 Å². The minimum atomic E-state index is -0.0460. The Labute approximate surface area is 138 Å². The predicted octanol–water partition coefficient (Wildman–Crippen LogP) is 6.03. The Morgan fingerprint density at radius 2 is 1.13 bits per heavy atom. The van der Waals surface area contributed by atoms with Gasteiger partial charge in [0.2, 0.25) is 0 Å². The fourth-order valence-electron chi connectivity index (χ4n) is 3.25. The summed E-state index contributed by atoms with van der Waals surface area (Å²) >= 11 is 0. The van der Waals surface area contributed by atoms with Gasteiger partial charge in [-0.25, -0.2) is 0 Å². The van der Waals surface area contributed by atoms with Gasteiger partial charge in [-0.3, -0.25) is 0 Å². The molecule has 4 aromatic rings. The Morgan fingerprint density at radius 1 is 0.609 bits per heavy atom.